The standard InChI is InChI=1S/C18H20N2O6/c21-16-8-11(17(22)19-5-1-2-13(19)18(23)24)10-20(16)12-3-4-14-15(9-12)26-7-6-25-14/h3-4,9,11,13H,1-2,5-8,10H2,(H,23,24)/t11?,13-/m1/s1. The number of ether oxygens (including phenoxy) is 2. The van der Waals surface area contributed by atoms with E-state index in [4.69, 9.17) is 9.47 Å². The van der Waals surface area contributed by atoms with Gasteiger partial charge in [-0.15, -0.1) is 0 Å². The van der Waals surface area contributed by atoms with Crippen LogP contribution in [0.4, 0.5) is 5.69 Å². The molecule has 0 saturated carbocycles. The van der Waals surface area contributed by atoms with Crippen LogP contribution in [-0.2, 0) is 14.4 Å². The van der Waals surface area contributed by atoms with Crippen molar-refractivity contribution in [2.24, 2.45) is 5.92 Å². The zero-order chi connectivity index (χ0) is 18.3. The Hall–Kier alpha value is -2.77. The zero-order valence-corrected chi connectivity index (χ0v) is 14.2. The summed E-state index contributed by atoms with van der Waals surface area (Å²) in [4.78, 5) is 39.5. The molecular weight excluding hydrogens is 340 g/mol. The molecule has 0 radical (unpaired) electrons. The average Bonchev–Trinajstić information content (AvgIpc) is 3.27. The van der Waals surface area contributed by atoms with E-state index in [1.165, 1.54) is 4.90 Å². The molecule has 8 heteroatoms. The highest BCUT2D eigenvalue weighted by molar-refractivity contribution is 6.01. The number of rotatable bonds is 3. The molecule has 4 rings (SSSR count). The highest BCUT2D eigenvalue weighted by Crippen LogP contribution is 2.36. The van der Waals surface area contributed by atoms with Crippen molar-refractivity contribution in [3.8, 4) is 11.5 Å². The first-order valence-corrected chi connectivity index (χ1v) is 8.78. The summed E-state index contributed by atoms with van der Waals surface area (Å²) >= 11 is 0. The van der Waals surface area contributed by atoms with Gasteiger partial charge in [0.25, 0.3) is 0 Å². The van der Waals surface area contributed by atoms with Gasteiger partial charge in [0.1, 0.15) is 19.3 Å². The number of carboxylic acid groups (broad SMARTS) is 1. The number of carbonyl (C=O) groups is 3. The van der Waals surface area contributed by atoms with E-state index < -0.39 is 17.9 Å². The van der Waals surface area contributed by atoms with Crippen molar-refractivity contribution < 1.29 is 29.0 Å². The fraction of sp³-hybridized carbons (Fsp3) is 0.500. The summed E-state index contributed by atoms with van der Waals surface area (Å²) in [5.74, 6) is -0.670. The summed E-state index contributed by atoms with van der Waals surface area (Å²) in [6.07, 6.45) is 1.24. The van der Waals surface area contributed by atoms with Crippen LogP contribution < -0.4 is 14.4 Å². The minimum atomic E-state index is -0.983. The van der Waals surface area contributed by atoms with E-state index in [-0.39, 0.29) is 24.8 Å². The minimum Gasteiger partial charge on any atom is -0.486 e. The Bertz CT molecular complexity index is 764. The van der Waals surface area contributed by atoms with E-state index in [1.54, 1.807) is 23.1 Å². The molecule has 2 atom stereocenters. The summed E-state index contributed by atoms with van der Waals surface area (Å²) in [5.41, 5.74) is 0.658. The van der Waals surface area contributed by atoms with Gasteiger partial charge in [0.2, 0.25) is 11.8 Å². The average molecular weight is 360 g/mol. The monoisotopic (exact) mass is 360 g/mol. The van der Waals surface area contributed by atoms with Crippen LogP contribution in [0.5, 0.6) is 11.5 Å². The van der Waals surface area contributed by atoms with Gasteiger partial charge < -0.3 is 24.4 Å². The summed E-state index contributed by atoms with van der Waals surface area (Å²) in [5, 5.41) is 9.27. The molecule has 0 aliphatic carbocycles. The Morgan fingerprint density at radius 2 is 1.92 bits per heavy atom. The topological polar surface area (TPSA) is 96.4 Å². The lowest BCUT2D eigenvalue weighted by Crippen LogP contribution is -2.44. The molecule has 3 heterocycles. The number of likely N-dealkylation sites (tertiary alicyclic amines) is 1. The van der Waals surface area contributed by atoms with Crippen LogP contribution in [0.2, 0.25) is 0 Å². The lowest BCUT2D eigenvalue weighted by molar-refractivity contribution is -0.149. The van der Waals surface area contributed by atoms with E-state index in [1.807, 2.05) is 0 Å². The van der Waals surface area contributed by atoms with Crippen LogP contribution in [0, 0.1) is 5.92 Å². The third kappa shape index (κ3) is 2.85. The highest BCUT2D eigenvalue weighted by atomic mass is 16.6. The second kappa shape index (κ2) is 6.51. The Labute approximate surface area is 150 Å². The second-order valence-corrected chi connectivity index (χ2v) is 6.76. The maximum atomic E-state index is 12.8. The van der Waals surface area contributed by atoms with E-state index in [0.29, 0.717) is 49.8 Å². The van der Waals surface area contributed by atoms with Crippen molar-refractivity contribution in [2.45, 2.75) is 25.3 Å². The predicted molar refractivity (Wildman–Crippen MR) is 90.3 cm³/mol. The normalized spacial score (nSPS) is 24.8. The lowest BCUT2D eigenvalue weighted by atomic mass is 10.1. The van der Waals surface area contributed by atoms with Crippen molar-refractivity contribution >= 4 is 23.5 Å². The Kier molecular flexibility index (Phi) is 4.18. The highest BCUT2D eigenvalue weighted by Gasteiger charge is 2.42. The molecule has 26 heavy (non-hydrogen) atoms. The Morgan fingerprint density at radius 1 is 1.15 bits per heavy atom. The second-order valence-electron chi connectivity index (χ2n) is 6.76. The first-order chi connectivity index (χ1) is 12.5. The number of carbonyl (C=O) groups excluding carboxylic acids is 2. The van der Waals surface area contributed by atoms with Gasteiger partial charge in [0.15, 0.2) is 11.5 Å². The smallest absolute Gasteiger partial charge is 0.326 e. The Morgan fingerprint density at radius 3 is 2.69 bits per heavy atom. The van der Waals surface area contributed by atoms with Crippen LogP contribution >= 0.6 is 0 Å². The molecule has 3 aliphatic rings. The maximum absolute atomic E-state index is 12.8. The summed E-state index contributed by atoms with van der Waals surface area (Å²) in [6.45, 7) is 1.63. The molecule has 0 bridgehead atoms. The SMILES string of the molecule is O=C(O)[C@H]1CCCN1C(=O)C1CC(=O)N(c2ccc3c(c2)OCCO3)C1. The molecule has 2 saturated heterocycles. The number of benzene rings is 1. The number of hydrogen-bond donors (Lipinski definition) is 1. The van der Waals surface area contributed by atoms with E-state index in [2.05, 4.69) is 0 Å². The summed E-state index contributed by atoms with van der Waals surface area (Å²) in [6, 6.07) is 4.50. The molecular formula is C18H20N2O6. The van der Waals surface area contributed by atoms with Gasteiger partial charge in [-0.05, 0) is 25.0 Å². The fourth-order valence-corrected chi connectivity index (χ4v) is 3.84. The molecule has 1 aromatic rings. The summed E-state index contributed by atoms with van der Waals surface area (Å²) < 4.78 is 11.0. The molecule has 3 aliphatic heterocycles. The van der Waals surface area contributed by atoms with Gasteiger partial charge >= 0.3 is 5.97 Å². The van der Waals surface area contributed by atoms with Crippen molar-refractivity contribution in [1.29, 1.82) is 0 Å². The number of nitrogens with zero attached hydrogens (tertiary/aromatic N) is 2. The fourth-order valence-electron chi connectivity index (χ4n) is 3.84. The van der Waals surface area contributed by atoms with Crippen LogP contribution in [0.25, 0.3) is 0 Å². The summed E-state index contributed by atoms with van der Waals surface area (Å²) in [7, 11) is 0. The molecule has 2 fully saturated rings. The number of hydrogen-bond acceptors (Lipinski definition) is 5. The van der Waals surface area contributed by atoms with E-state index >= 15 is 0 Å². The molecule has 138 valence electrons. The number of amides is 2. The third-order valence-electron chi connectivity index (χ3n) is 5.13. The van der Waals surface area contributed by atoms with Crippen LogP contribution in [0.3, 0.4) is 0 Å². The number of aliphatic carboxylic acids is 1. The molecule has 1 unspecified atom stereocenters. The third-order valence-corrected chi connectivity index (χ3v) is 5.13. The van der Waals surface area contributed by atoms with E-state index in [0.717, 1.165) is 0 Å². The predicted octanol–water partition coefficient (Wildman–Crippen LogP) is 0.886. The molecule has 1 N–H and O–H groups in total. The van der Waals surface area contributed by atoms with Gasteiger partial charge in [0.05, 0.1) is 5.92 Å². The molecule has 8 nitrogen and oxygen atoms in total. The Balaban J connectivity index is 1.50. The molecule has 1 aromatic carbocycles. The molecule has 0 spiro atoms. The van der Waals surface area contributed by atoms with Gasteiger partial charge in [-0.1, -0.05) is 0 Å². The number of fused-ring (bicyclic) bond motifs is 1. The van der Waals surface area contributed by atoms with Gasteiger partial charge in [0, 0.05) is 31.3 Å². The van der Waals surface area contributed by atoms with Crippen molar-refractivity contribution in [3.63, 3.8) is 0 Å². The minimum absolute atomic E-state index is 0.0934. The van der Waals surface area contributed by atoms with Gasteiger partial charge in [-0.2, -0.15) is 0 Å². The number of anilines is 1. The van der Waals surface area contributed by atoms with Gasteiger partial charge in [-0.25, -0.2) is 4.79 Å². The lowest BCUT2D eigenvalue weighted by Gasteiger charge is -2.25. The van der Waals surface area contributed by atoms with Crippen molar-refractivity contribution in [1.82, 2.24) is 4.90 Å². The quantitative estimate of drug-likeness (QED) is 0.860. The van der Waals surface area contributed by atoms with Crippen LogP contribution in [0.1, 0.15) is 19.3 Å². The first kappa shape index (κ1) is 16.7. The molecule has 2 amide bonds. The van der Waals surface area contributed by atoms with E-state index in [9.17, 15) is 19.5 Å². The largest absolute Gasteiger partial charge is 0.486 e. The molecule has 0 aromatic heterocycles. The maximum Gasteiger partial charge on any atom is 0.326 e. The van der Waals surface area contributed by atoms with Crippen molar-refractivity contribution in [3.05, 3.63) is 18.2 Å². The van der Waals surface area contributed by atoms with Crippen LogP contribution in [0.15, 0.2) is 18.2 Å². The van der Waals surface area contributed by atoms with Crippen molar-refractivity contribution in [2.75, 3.05) is 31.2 Å². The number of carboxylic acids is 1. The van der Waals surface area contributed by atoms with Gasteiger partial charge in [-0.3, -0.25) is 9.59 Å². The van der Waals surface area contributed by atoms with Crippen LogP contribution in [-0.4, -0.2) is 60.1 Å². The first-order valence-electron chi connectivity index (χ1n) is 8.78. The zero-order valence-electron chi connectivity index (χ0n) is 14.2.